The van der Waals surface area contributed by atoms with Crippen LogP contribution in [0.15, 0.2) is 6.07 Å². The molecule has 1 fully saturated rings. The van der Waals surface area contributed by atoms with Crippen molar-refractivity contribution < 1.29 is 14.2 Å². The van der Waals surface area contributed by atoms with E-state index in [1.54, 1.807) is 7.11 Å². The number of aryl methyl sites for hydroxylation is 1. The molecule has 6 heteroatoms. The molecule has 0 saturated carbocycles. The van der Waals surface area contributed by atoms with Crippen molar-refractivity contribution in [1.82, 2.24) is 9.97 Å². The van der Waals surface area contributed by atoms with Gasteiger partial charge in [-0.2, -0.15) is 0 Å². The summed E-state index contributed by atoms with van der Waals surface area (Å²) in [4.78, 5) is 8.73. The highest BCUT2D eigenvalue weighted by molar-refractivity contribution is 5.36. The van der Waals surface area contributed by atoms with Crippen molar-refractivity contribution in [2.24, 2.45) is 0 Å². The summed E-state index contributed by atoms with van der Waals surface area (Å²) in [6, 6.07) is 2.11. The number of nitrogens with zero attached hydrogens (tertiary/aromatic N) is 2. The molecule has 0 radical (unpaired) electrons. The van der Waals surface area contributed by atoms with Crippen molar-refractivity contribution in [3.63, 3.8) is 0 Å². The number of hydrogen-bond acceptors (Lipinski definition) is 6. The molecule has 1 N–H and O–H groups in total. The molecule has 2 unspecified atom stereocenters. The van der Waals surface area contributed by atoms with Gasteiger partial charge in [0, 0.05) is 31.5 Å². The SMILES string of the molecule is COCc1nc(C)cc(NC(C)COC2CCOC2)n1. The van der Waals surface area contributed by atoms with E-state index in [1.165, 1.54) is 0 Å². The van der Waals surface area contributed by atoms with Crippen LogP contribution in [0.2, 0.25) is 0 Å². The van der Waals surface area contributed by atoms with E-state index in [2.05, 4.69) is 22.2 Å². The van der Waals surface area contributed by atoms with Gasteiger partial charge in [-0.1, -0.05) is 0 Å². The Balaban J connectivity index is 1.84. The third kappa shape index (κ3) is 4.70. The summed E-state index contributed by atoms with van der Waals surface area (Å²) in [6.07, 6.45) is 1.22. The van der Waals surface area contributed by atoms with Gasteiger partial charge in [0.15, 0.2) is 5.82 Å². The number of ether oxygens (including phenoxy) is 3. The molecule has 0 bridgehead atoms. The lowest BCUT2D eigenvalue weighted by molar-refractivity contribution is 0.0395. The van der Waals surface area contributed by atoms with Crippen LogP contribution in [0.25, 0.3) is 0 Å². The molecular weight excluding hydrogens is 258 g/mol. The van der Waals surface area contributed by atoms with E-state index in [1.807, 2.05) is 13.0 Å². The monoisotopic (exact) mass is 281 g/mol. The molecule has 112 valence electrons. The van der Waals surface area contributed by atoms with Crippen LogP contribution in [0.5, 0.6) is 0 Å². The van der Waals surface area contributed by atoms with Gasteiger partial charge in [0.2, 0.25) is 0 Å². The Labute approximate surface area is 119 Å². The van der Waals surface area contributed by atoms with E-state index in [4.69, 9.17) is 14.2 Å². The van der Waals surface area contributed by atoms with Crippen LogP contribution in [0.1, 0.15) is 24.9 Å². The van der Waals surface area contributed by atoms with Crippen molar-refractivity contribution in [3.05, 3.63) is 17.6 Å². The van der Waals surface area contributed by atoms with Crippen molar-refractivity contribution in [2.75, 3.05) is 32.2 Å². The Morgan fingerprint density at radius 1 is 1.50 bits per heavy atom. The van der Waals surface area contributed by atoms with Gasteiger partial charge < -0.3 is 19.5 Å². The zero-order valence-corrected chi connectivity index (χ0v) is 12.4. The minimum atomic E-state index is 0.181. The van der Waals surface area contributed by atoms with Crippen LogP contribution in [0.3, 0.4) is 0 Å². The summed E-state index contributed by atoms with van der Waals surface area (Å²) < 4.78 is 16.1. The molecule has 1 aromatic heterocycles. The summed E-state index contributed by atoms with van der Waals surface area (Å²) in [5.41, 5.74) is 0.923. The summed E-state index contributed by atoms with van der Waals surface area (Å²) in [6.45, 7) is 6.58. The highest BCUT2D eigenvalue weighted by atomic mass is 16.5. The zero-order valence-electron chi connectivity index (χ0n) is 12.4. The average Bonchev–Trinajstić information content (AvgIpc) is 2.89. The first-order valence-electron chi connectivity index (χ1n) is 6.96. The topological polar surface area (TPSA) is 65.5 Å². The van der Waals surface area contributed by atoms with Crippen LogP contribution in [0.4, 0.5) is 5.82 Å². The molecule has 0 spiro atoms. The van der Waals surface area contributed by atoms with Crippen LogP contribution in [-0.4, -0.2) is 49.0 Å². The number of methoxy groups -OCH3 is 1. The molecule has 2 atom stereocenters. The second-order valence-electron chi connectivity index (χ2n) is 5.11. The lowest BCUT2D eigenvalue weighted by Gasteiger charge is -2.18. The Morgan fingerprint density at radius 3 is 3.05 bits per heavy atom. The van der Waals surface area contributed by atoms with Gasteiger partial charge in [-0.25, -0.2) is 9.97 Å². The number of aromatic nitrogens is 2. The minimum absolute atomic E-state index is 0.181. The molecule has 6 nitrogen and oxygen atoms in total. The number of rotatable bonds is 7. The largest absolute Gasteiger partial charge is 0.379 e. The van der Waals surface area contributed by atoms with Crippen molar-refractivity contribution in [1.29, 1.82) is 0 Å². The summed E-state index contributed by atoms with van der Waals surface area (Å²) >= 11 is 0. The molecule has 2 heterocycles. The van der Waals surface area contributed by atoms with Crippen molar-refractivity contribution in [2.45, 2.75) is 39.0 Å². The summed E-state index contributed by atoms with van der Waals surface area (Å²) in [5, 5.41) is 3.33. The van der Waals surface area contributed by atoms with E-state index >= 15 is 0 Å². The Kier molecular flexibility index (Phi) is 5.70. The highest BCUT2D eigenvalue weighted by Gasteiger charge is 2.17. The van der Waals surface area contributed by atoms with Gasteiger partial charge in [-0.05, 0) is 20.3 Å². The van der Waals surface area contributed by atoms with Crippen LogP contribution >= 0.6 is 0 Å². The molecule has 0 aliphatic carbocycles. The maximum absolute atomic E-state index is 5.79. The van der Waals surface area contributed by atoms with E-state index in [0.717, 1.165) is 24.5 Å². The first-order valence-corrected chi connectivity index (χ1v) is 6.96. The van der Waals surface area contributed by atoms with Crippen LogP contribution in [-0.2, 0) is 20.8 Å². The lowest BCUT2D eigenvalue weighted by Crippen LogP contribution is -2.26. The van der Waals surface area contributed by atoms with Crippen molar-refractivity contribution in [3.8, 4) is 0 Å². The molecule has 0 aromatic carbocycles. The first-order chi connectivity index (χ1) is 9.67. The Morgan fingerprint density at radius 2 is 2.35 bits per heavy atom. The molecule has 1 aliphatic rings. The average molecular weight is 281 g/mol. The van der Waals surface area contributed by atoms with Gasteiger partial charge >= 0.3 is 0 Å². The predicted molar refractivity (Wildman–Crippen MR) is 75.7 cm³/mol. The Hall–Kier alpha value is -1.24. The number of anilines is 1. The maximum Gasteiger partial charge on any atom is 0.156 e. The second-order valence-corrected chi connectivity index (χ2v) is 5.11. The quantitative estimate of drug-likeness (QED) is 0.818. The molecule has 2 rings (SSSR count). The molecular formula is C14H23N3O3. The first kappa shape index (κ1) is 15.2. The standard InChI is InChI=1S/C14H23N3O3/c1-10-6-13(17-14(15-10)9-18-3)16-11(2)7-20-12-4-5-19-8-12/h6,11-12H,4-5,7-9H2,1-3H3,(H,15,16,17). The fourth-order valence-electron chi connectivity index (χ4n) is 2.12. The maximum atomic E-state index is 5.79. The second kappa shape index (κ2) is 7.52. The smallest absolute Gasteiger partial charge is 0.156 e. The van der Waals surface area contributed by atoms with E-state index in [9.17, 15) is 0 Å². The summed E-state index contributed by atoms with van der Waals surface area (Å²) in [5.74, 6) is 1.50. The van der Waals surface area contributed by atoms with Gasteiger partial charge in [0.1, 0.15) is 12.4 Å². The normalized spacial score (nSPS) is 20.1. The number of hydrogen-bond donors (Lipinski definition) is 1. The lowest BCUT2D eigenvalue weighted by atomic mass is 10.3. The van der Waals surface area contributed by atoms with Gasteiger partial charge in [-0.3, -0.25) is 0 Å². The summed E-state index contributed by atoms with van der Waals surface area (Å²) in [7, 11) is 1.64. The third-order valence-corrected chi connectivity index (χ3v) is 3.04. The van der Waals surface area contributed by atoms with Crippen molar-refractivity contribution >= 4 is 5.82 Å². The van der Waals surface area contributed by atoms with E-state index in [0.29, 0.717) is 25.6 Å². The third-order valence-electron chi connectivity index (χ3n) is 3.04. The molecule has 1 aliphatic heterocycles. The zero-order chi connectivity index (χ0) is 14.4. The van der Waals surface area contributed by atoms with E-state index in [-0.39, 0.29) is 12.1 Å². The molecule has 1 saturated heterocycles. The fraction of sp³-hybridized carbons (Fsp3) is 0.714. The van der Waals surface area contributed by atoms with Crippen LogP contribution < -0.4 is 5.32 Å². The van der Waals surface area contributed by atoms with Crippen LogP contribution in [0, 0.1) is 6.92 Å². The molecule has 0 amide bonds. The fourth-order valence-corrected chi connectivity index (χ4v) is 2.12. The highest BCUT2D eigenvalue weighted by Crippen LogP contribution is 2.11. The van der Waals surface area contributed by atoms with Gasteiger partial charge in [0.25, 0.3) is 0 Å². The van der Waals surface area contributed by atoms with Gasteiger partial charge in [-0.15, -0.1) is 0 Å². The predicted octanol–water partition coefficient (Wildman–Crippen LogP) is 1.54. The van der Waals surface area contributed by atoms with Gasteiger partial charge in [0.05, 0.1) is 19.3 Å². The molecule has 1 aromatic rings. The minimum Gasteiger partial charge on any atom is -0.379 e. The number of nitrogens with one attached hydrogen (secondary N) is 1. The molecule has 20 heavy (non-hydrogen) atoms. The van der Waals surface area contributed by atoms with E-state index < -0.39 is 0 Å². The Bertz CT molecular complexity index is 422.